The van der Waals surface area contributed by atoms with Gasteiger partial charge in [-0.25, -0.2) is 13.6 Å². The molecule has 1 aromatic rings. The molecule has 0 aromatic carbocycles. The summed E-state index contributed by atoms with van der Waals surface area (Å²) in [6.45, 7) is 1.50. The van der Waals surface area contributed by atoms with Gasteiger partial charge in [0.05, 0.1) is 5.56 Å². The third kappa shape index (κ3) is 3.77. The molecule has 1 fully saturated rings. The molecule has 2 N–H and O–H groups in total. The normalized spacial score (nSPS) is 17.8. The topological polar surface area (TPSA) is 80.5 Å². The van der Waals surface area contributed by atoms with Crippen LogP contribution in [0, 0.1) is 0 Å². The van der Waals surface area contributed by atoms with Gasteiger partial charge in [-0.15, -0.1) is 11.3 Å². The molecule has 0 atom stereocenters. The van der Waals surface area contributed by atoms with Crippen LogP contribution in [-0.2, 0) is 10.0 Å². The highest BCUT2D eigenvalue weighted by molar-refractivity contribution is 7.91. The molecular weight excluding hydrogens is 284 g/mol. The summed E-state index contributed by atoms with van der Waals surface area (Å²) in [6, 6.07) is 1.38. The SMILES string of the molecule is NS(=O)(=O)c1cc(C(=O)N2CCCCCCC2)cs1. The first-order valence-electron chi connectivity index (χ1n) is 6.39. The van der Waals surface area contributed by atoms with Crippen LogP contribution < -0.4 is 5.14 Å². The van der Waals surface area contributed by atoms with Crippen molar-refractivity contribution in [1.29, 1.82) is 0 Å². The summed E-state index contributed by atoms with van der Waals surface area (Å²) in [5.41, 5.74) is 0.426. The Kier molecular flexibility index (Phi) is 4.59. The van der Waals surface area contributed by atoms with Crippen molar-refractivity contribution in [2.24, 2.45) is 5.14 Å². The van der Waals surface area contributed by atoms with Gasteiger partial charge in [0.25, 0.3) is 5.91 Å². The summed E-state index contributed by atoms with van der Waals surface area (Å²) in [7, 11) is -3.71. The number of nitrogens with zero attached hydrogens (tertiary/aromatic N) is 1. The maximum atomic E-state index is 12.3. The van der Waals surface area contributed by atoms with Gasteiger partial charge >= 0.3 is 0 Å². The van der Waals surface area contributed by atoms with Crippen LogP contribution in [0.3, 0.4) is 0 Å². The van der Waals surface area contributed by atoms with Crippen molar-refractivity contribution in [3.63, 3.8) is 0 Å². The van der Waals surface area contributed by atoms with E-state index in [1.165, 1.54) is 12.5 Å². The number of rotatable bonds is 2. The van der Waals surface area contributed by atoms with Gasteiger partial charge in [0.2, 0.25) is 10.0 Å². The quantitative estimate of drug-likeness (QED) is 0.904. The summed E-state index contributed by atoms with van der Waals surface area (Å²) >= 11 is 0.998. The van der Waals surface area contributed by atoms with Gasteiger partial charge < -0.3 is 4.90 Å². The largest absolute Gasteiger partial charge is 0.339 e. The number of nitrogens with two attached hydrogens (primary N) is 1. The monoisotopic (exact) mass is 302 g/mol. The van der Waals surface area contributed by atoms with Crippen LogP contribution in [-0.4, -0.2) is 32.3 Å². The number of hydrogen-bond acceptors (Lipinski definition) is 4. The molecule has 19 heavy (non-hydrogen) atoms. The van der Waals surface area contributed by atoms with E-state index in [0.29, 0.717) is 5.56 Å². The number of primary sulfonamides is 1. The Morgan fingerprint density at radius 1 is 1.16 bits per heavy atom. The molecule has 0 unspecified atom stereocenters. The first kappa shape index (κ1) is 14.5. The zero-order valence-electron chi connectivity index (χ0n) is 10.7. The van der Waals surface area contributed by atoms with Gasteiger partial charge in [0, 0.05) is 18.5 Å². The lowest BCUT2D eigenvalue weighted by Crippen LogP contribution is -2.33. The Morgan fingerprint density at radius 2 is 1.74 bits per heavy atom. The molecule has 0 spiro atoms. The Labute approximate surface area is 117 Å². The number of thiophene rings is 1. The summed E-state index contributed by atoms with van der Waals surface area (Å²) in [5, 5.41) is 6.62. The molecule has 1 saturated heterocycles. The molecular formula is C12H18N2O3S2. The minimum atomic E-state index is -3.71. The second kappa shape index (κ2) is 6.02. The maximum absolute atomic E-state index is 12.3. The third-order valence-corrected chi connectivity index (χ3v) is 5.63. The first-order chi connectivity index (χ1) is 8.98. The van der Waals surface area contributed by atoms with Gasteiger partial charge in [0.1, 0.15) is 4.21 Å². The second-order valence-electron chi connectivity index (χ2n) is 4.76. The average molecular weight is 302 g/mol. The number of carbonyl (C=O) groups is 1. The fourth-order valence-electron chi connectivity index (χ4n) is 2.21. The standard InChI is InChI=1S/C12H18N2O3S2/c13-19(16,17)11-8-10(9-18-11)12(15)14-6-4-2-1-3-5-7-14/h8-9H,1-7H2,(H2,13,16,17). The Balaban J connectivity index is 2.12. The van der Waals surface area contributed by atoms with Crippen LogP contribution in [0.4, 0.5) is 0 Å². The van der Waals surface area contributed by atoms with E-state index >= 15 is 0 Å². The lowest BCUT2D eigenvalue weighted by atomic mass is 10.1. The lowest BCUT2D eigenvalue weighted by Gasteiger charge is -2.24. The van der Waals surface area contributed by atoms with Crippen LogP contribution in [0.15, 0.2) is 15.7 Å². The maximum Gasteiger partial charge on any atom is 0.254 e. The van der Waals surface area contributed by atoms with E-state index in [1.807, 2.05) is 4.90 Å². The zero-order chi connectivity index (χ0) is 13.9. The van der Waals surface area contributed by atoms with E-state index in [2.05, 4.69) is 0 Å². The number of likely N-dealkylation sites (tertiary alicyclic amines) is 1. The van der Waals surface area contributed by atoms with Crippen molar-refractivity contribution in [3.8, 4) is 0 Å². The predicted octanol–water partition coefficient (Wildman–Crippen LogP) is 1.80. The van der Waals surface area contributed by atoms with Crippen molar-refractivity contribution in [3.05, 3.63) is 17.0 Å². The molecule has 0 bridgehead atoms. The van der Waals surface area contributed by atoms with Crippen molar-refractivity contribution in [2.45, 2.75) is 36.3 Å². The van der Waals surface area contributed by atoms with Crippen molar-refractivity contribution < 1.29 is 13.2 Å². The highest BCUT2D eigenvalue weighted by Crippen LogP contribution is 2.21. The van der Waals surface area contributed by atoms with E-state index in [-0.39, 0.29) is 10.1 Å². The zero-order valence-corrected chi connectivity index (χ0v) is 12.3. The number of hydrogen-bond donors (Lipinski definition) is 1. The molecule has 7 heteroatoms. The minimum absolute atomic E-state index is 0.0443. The fourth-order valence-corrected chi connectivity index (χ4v) is 3.79. The van der Waals surface area contributed by atoms with E-state index < -0.39 is 10.0 Å². The summed E-state index contributed by atoms with van der Waals surface area (Å²) in [4.78, 5) is 14.1. The second-order valence-corrected chi connectivity index (χ2v) is 7.46. The van der Waals surface area contributed by atoms with Gasteiger partial charge in [-0.2, -0.15) is 0 Å². The van der Waals surface area contributed by atoms with Crippen molar-refractivity contribution in [2.75, 3.05) is 13.1 Å². The lowest BCUT2D eigenvalue weighted by molar-refractivity contribution is 0.0743. The Morgan fingerprint density at radius 3 is 2.26 bits per heavy atom. The molecule has 5 nitrogen and oxygen atoms in total. The summed E-state index contributed by atoms with van der Waals surface area (Å²) < 4.78 is 22.5. The van der Waals surface area contributed by atoms with E-state index in [1.54, 1.807) is 5.38 Å². The number of sulfonamides is 1. The highest BCUT2D eigenvalue weighted by atomic mass is 32.2. The van der Waals surface area contributed by atoms with Crippen LogP contribution in [0.1, 0.15) is 42.5 Å². The average Bonchev–Trinajstić information content (AvgIpc) is 2.76. The molecule has 2 heterocycles. The van der Waals surface area contributed by atoms with Gasteiger partial charge in [-0.3, -0.25) is 4.79 Å². The molecule has 0 radical (unpaired) electrons. The minimum Gasteiger partial charge on any atom is -0.339 e. The van der Waals surface area contributed by atoms with Crippen LogP contribution >= 0.6 is 11.3 Å². The molecule has 2 rings (SSSR count). The van der Waals surface area contributed by atoms with Crippen LogP contribution in [0.5, 0.6) is 0 Å². The van der Waals surface area contributed by atoms with Crippen molar-refractivity contribution >= 4 is 27.3 Å². The van der Waals surface area contributed by atoms with Crippen LogP contribution in [0.2, 0.25) is 0 Å². The van der Waals surface area contributed by atoms with Gasteiger partial charge in [-0.1, -0.05) is 19.3 Å². The number of amides is 1. The van der Waals surface area contributed by atoms with E-state index in [0.717, 1.165) is 50.1 Å². The first-order valence-corrected chi connectivity index (χ1v) is 8.82. The molecule has 106 valence electrons. The summed E-state index contributed by atoms with van der Waals surface area (Å²) in [6.07, 6.45) is 5.55. The Hall–Kier alpha value is -0.920. The fraction of sp³-hybridized carbons (Fsp3) is 0.583. The molecule has 1 aliphatic heterocycles. The smallest absolute Gasteiger partial charge is 0.254 e. The third-order valence-electron chi connectivity index (χ3n) is 3.25. The van der Waals surface area contributed by atoms with Crippen molar-refractivity contribution in [1.82, 2.24) is 4.90 Å². The number of carbonyl (C=O) groups excluding carboxylic acids is 1. The van der Waals surface area contributed by atoms with Gasteiger partial charge in [-0.05, 0) is 18.9 Å². The van der Waals surface area contributed by atoms with E-state index in [4.69, 9.17) is 5.14 Å². The molecule has 0 aliphatic carbocycles. The van der Waals surface area contributed by atoms with E-state index in [9.17, 15) is 13.2 Å². The highest BCUT2D eigenvalue weighted by Gasteiger charge is 2.20. The summed E-state index contributed by atoms with van der Waals surface area (Å²) in [5.74, 6) is -0.0898. The molecule has 0 saturated carbocycles. The molecule has 1 aromatic heterocycles. The Bertz CT molecular complexity index is 543. The predicted molar refractivity (Wildman–Crippen MR) is 74.7 cm³/mol. The van der Waals surface area contributed by atoms with Crippen LogP contribution in [0.25, 0.3) is 0 Å². The molecule has 1 aliphatic rings. The van der Waals surface area contributed by atoms with Gasteiger partial charge in [0.15, 0.2) is 0 Å². The molecule has 1 amide bonds.